The highest BCUT2D eigenvalue weighted by Gasteiger charge is 2.17. The molecule has 0 spiro atoms. The molecule has 2 rings (SSSR count). The Balaban J connectivity index is 0.00000128. The fourth-order valence-corrected chi connectivity index (χ4v) is 2.69. The topological polar surface area (TPSA) is 42.2 Å². The van der Waals surface area contributed by atoms with Gasteiger partial charge in [-0.2, -0.15) is 0 Å². The van der Waals surface area contributed by atoms with Crippen LogP contribution >= 0.6 is 23.7 Å². The Morgan fingerprint density at radius 2 is 2.25 bits per heavy atom. The van der Waals surface area contributed by atoms with Crippen LogP contribution in [0.1, 0.15) is 17.7 Å². The van der Waals surface area contributed by atoms with E-state index >= 15 is 0 Å². The third-order valence-corrected chi connectivity index (χ3v) is 3.73. The average molecular weight is 260 g/mol. The molecule has 0 saturated carbocycles. The van der Waals surface area contributed by atoms with Gasteiger partial charge >= 0.3 is 0 Å². The van der Waals surface area contributed by atoms with Crippen molar-refractivity contribution < 1.29 is 0 Å². The standard InChI is InChI=1S/C11H17N3S.ClH/c1-2-9-3-5-14(6-4-9)8-10-7-13-11(12)15-10;/h2,7,9H,1,3-6,8H2,(H2,12,13);1H. The molecular weight excluding hydrogens is 242 g/mol. The third kappa shape index (κ3) is 3.47. The van der Waals surface area contributed by atoms with Crippen molar-refractivity contribution in [2.45, 2.75) is 19.4 Å². The first kappa shape index (κ1) is 13.5. The van der Waals surface area contributed by atoms with Crippen molar-refractivity contribution in [1.82, 2.24) is 9.88 Å². The molecular formula is C11H18ClN3S. The monoisotopic (exact) mass is 259 g/mol. The van der Waals surface area contributed by atoms with E-state index in [1.165, 1.54) is 17.7 Å². The molecule has 1 saturated heterocycles. The van der Waals surface area contributed by atoms with Crippen molar-refractivity contribution in [3.63, 3.8) is 0 Å². The van der Waals surface area contributed by atoms with E-state index in [9.17, 15) is 0 Å². The van der Waals surface area contributed by atoms with Crippen LogP contribution in [0.2, 0.25) is 0 Å². The normalized spacial score (nSPS) is 18.0. The van der Waals surface area contributed by atoms with Crippen LogP contribution in [0.25, 0.3) is 0 Å². The second kappa shape index (κ2) is 6.23. The molecule has 3 nitrogen and oxygen atoms in total. The van der Waals surface area contributed by atoms with Crippen molar-refractivity contribution in [3.05, 3.63) is 23.7 Å². The molecule has 1 fully saturated rings. The second-order valence-corrected chi connectivity index (χ2v) is 5.16. The SMILES string of the molecule is C=CC1CCN(Cc2cnc(N)s2)CC1.Cl. The van der Waals surface area contributed by atoms with Gasteiger partial charge in [-0.1, -0.05) is 6.08 Å². The summed E-state index contributed by atoms with van der Waals surface area (Å²) in [4.78, 5) is 7.80. The summed E-state index contributed by atoms with van der Waals surface area (Å²) in [5, 5.41) is 0.672. The zero-order valence-electron chi connectivity index (χ0n) is 9.26. The zero-order valence-corrected chi connectivity index (χ0v) is 10.9. The molecule has 2 heterocycles. The Labute approximate surface area is 107 Å². The highest BCUT2D eigenvalue weighted by molar-refractivity contribution is 7.15. The Morgan fingerprint density at radius 1 is 1.56 bits per heavy atom. The van der Waals surface area contributed by atoms with E-state index in [-0.39, 0.29) is 12.4 Å². The molecule has 0 atom stereocenters. The molecule has 0 amide bonds. The van der Waals surface area contributed by atoms with Crippen LogP contribution in [0.4, 0.5) is 5.13 Å². The van der Waals surface area contributed by atoms with Crippen LogP contribution in [0.3, 0.4) is 0 Å². The molecule has 1 aliphatic rings. The summed E-state index contributed by atoms with van der Waals surface area (Å²) in [5.41, 5.74) is 5.60. The first-order valence-corrected chi connectivity index (χ1v) is 6.14. The van der Waals surface area contributed by atoms with Gasteiger partial charge in [0.25, 0.3) is 0 Å². The van der Waals surface area contributed by atoms with E-state index < -0.39 is 0 Å². The number of nitrogens with two attached hydrogens (primary N) is 1. The number of thiazole rings is 1. The summed E-state index contributed by atoms with van der Waals surface area (Å²) < 4.78 is 0. The van der Waals surface area contributed by atoms with Crippen LogP contribution in [0.5, 0.6) is 0 Å². The maximum absolute atomic E-state index is 5.60. The summed E-state index contributed by atoms with van der Waals surface area (Å²) >= 11 is 1.59. The van der Waals surface area contributed by atoms with Gasteiger partial charge in [-0.15, -0.1) is 30.3 Å². The molecule has 0 radical (unpaired) electrons. The van der Waals surface area contributed by atoms with Gasteiger partial charge in [0.2, 0.25) is 0 Å². The van der Waals surface area contributed by atoms with Crippen molar-refractivity contribution in [2.24, 2.45) is 5.92 Å². The third-order valence-electron chi connectivity index (χ3n) is 2.92. The summed E-state index contributed by atoms with van der Waals surface area (Å²) in [6.07, 6.45) is 6.44. The molecule has 0 aromatic carbocycles. The maximum Gasteiger partial charge on any atom is 0.180 e. The number of hydrogen-bond donors (Lipinski definition) is 1. The molecule has 5 heteroatoms. The molecule has 90 valence electrons. The lowest BCUT2D eigenvalue weighted by Gasteiger charge is -2.29. The number of nitrogen functional groups attached to an aromatic ring is 1. The summed E-state index contributed by atoms with van der Waals surface area (Å²) in [7, 11) is 0. The molecule has 0 bridgehead atoms. The lowest BCUT2D eigenvalue weighted by molar-refractivity contribution is 0.197. The molecule has 0 aliphatic carbocycles. The Hall–Kier alpha value is -0.580. The van der Waals surface area contributed by atoms with Crippen LogP contribution in [0.15, 0.2) is 18.9 Å². The summed E-state index contributed by atoms with van der Waals surface area (Å²) in [6, 6.07) is 0. The fourth-order valence-electron chi connectivity index (χ4n) is 1.96. The minimum atomic E-state index is 0. The van der Waals surface area contributed by atoms with Gasteiger partial charge in [0, 0.05) is 17.6 Å². The number of aromatic nitrogens is 1. The van der Waals surface area contributed by atoms with Gasteiger partial charge in [0.1, 0.15) is 0 Å². The first-order chi connectivity index (χ1) is 7.28. The lowest BCUT2D eigenvalue weighted by atomic mass is 9.97. The molecule has 2 N–H and O–H groups in total. The number of likely N-dealkylation sites (tertiary alicyclic amines) is 1. The zero-order chi connectivity index (χ0) is 10.7. The number of piperidine rings is 1. The van der Waals surface area contributed by atoms with Crippen LogP contribution in [-0.4, -0.2) is 23.0 Å². The largest absolute Gasteiger partial charge is 0.375 e. The number of allylic oxidation sites excluding steroid dienone is 1. The van der Waals surface area contributed by atoms with E-state index in [4.69, 9.17) is 5.73 Å². The van der Waals surface area contributed by atoms with Crippen LogP contribution in [-0.2, 0) is 6.54 Å². The summed E-state index contributed by atoms with van der Waals surface area (Å²) in [5.74, 6) is 0.716. The first-order valence-electron chi connectivity index (χ1n) is 5.33. The van der Waals surface area contributed by atoms with Gasteiger partial charge in [-0.3, -0.25) is 4.90 Å². The van der Waals surface area contributed by atoms with Crippen molar-refractivity contribution in [2.75, 3.05) is 18.8 Å². The van der Waals surface area contributed by atoms with Gasteiger partial charge < -0.3 is 5.73 Å². The molecule has 16 heavy (non-hydrogen) atoms. The highest BCUT2D eigenvalue weighted by Crippen LogP contribution is 2.22. The second-order valence-electron chi connectivity index (χ2n) is 4.01. The van der Waals surface area contributed by atoms with Gasteiger partial charge in [-0.25, -0.2) is 4.98 Å². The smallest absolute Gasteiger partial charge is 0.180 e. The van der Waals surface area contributed by atoms with E-state index in [1.807, 2.05) is 6.20 Å². The van der Waals surface area contributed by atoms with E-state index in [0.29, 0.717) is 11.0 Å². The predicted molar refractivity (Wildman–Crippen MR) is 72.0 cm³/mol. The van der Waals surface area contributed by atoms with E-state index in [0.717, 1.165) is 19.6 Å². The Kier molecular flexibility index (Phi) is 5.25. The van der Waals surface area contributed by atoms with Crippen molar-refractivity contribution in [3.8, 4) is 0 Å². The minimum Gasteiger partial charge on any atom is -0.375 e. The van der Waals surface area contributed by atoms with Gasteiger partial charge in [-0.05, 0) is 31.8 Å². The van der Waals surface area contributed by atoms with Gasteiger partial charge in [0.15, 0.2) is 5.13 Å². The molecule has 1 aliphatic heterocycles. The number of anilines is 1. The number of rotatable bonds is 3. The number of halogens is 1. The Bertz CT molecular complexity index is 332. The fraction of sp³-hybridized carbons (Fsp3) is 0.545. The van der Waals surface area contributed by atoms with E-state index in [2.05, 4.69) is 22.5 Å². The molecule has 1 aromatic heterocycles. The lowest BCUT2D eigenvalue weighted by Crippen LogP contribution is -2.32. The van der Waals surface area contributed by atoms with Crippen LogP contribution in [0, 0.1) is 5.92 Å². The van der Waals surface area contributed by atoms with Crippen molar-refractivity contribution in [1.29, 1.82) is 0 Å². The highest BCUT2D eigenvalue weighted by atomic mass is 35.5. The van der Waals surface area contributed by atoms with Crippen molar-refractivity contribution >= 4 is 28.9 Å². The maximum atomic E-state index is 5.60. The molecule has 1 aromatic rings. The number of hydrogen-bond acceptors (Lipinski definition) is 4. The van der Waals surface area contributed by atoms with E-state index in [1.54, 1.807) is 11.3 Å². The van der Waals surface area contributed by atoms with Crippen LogP contribution < -0.4 is 5.73 Å². The molecule has 0 unspecified atom stereocenters. The number of nitrogens with zero attached hydrogens (tertiary/aromatic N) is 2. The Morgan fingerprint density at radius 3 is 2.75 bits per heavy atom. The minimum absolute atomic E-state index is 0. The average Bonchev–Trinajstić information content (AvgIpc) is 2.65. The quantitative estimate of drug-likeness (QED) is 0.849. The predicted octanol–water partition coefficient (Wildman–Crippen LogP) is 2.55. The van der Waals surface area contributed by atoms with Gasteiger partial charge in [0.05, 0.1) is 0 Å². The summed E-state index contributed by atoms with van der Waals surface area (Å²) in [6.45, 7) is 7.17.